The molecule has 4 aliphatic rings. The van der Waals surface area contributed by atoms with Gasteiger partial charge in [0.25, 0.3) is 0 Å². The van der Waals surface area contributed by atoms with Crippen molar-refractivity contribution in [3.8, 4) is 0 Å². The van der Waals surface area contributed by atoms with Crippen LogP contribution in [0.25, 0.3) is 0 Å². The van der Waals surface area contributed by atoms with Gasteiger partial charge in [-0.25, -0.2) is 0 Å². The molecular weight excluding hydrogens is 521 g/mol. The average molecular weight is 540 g/mol. The van der Waals surface area contributed by atoms with Crippen molar-refractivity contribution >= 4 is 58.1 Å². The van der Waals surface area contributed by atoms with Crippen molar-refractivity contribution in [3.63, 3.8) is 0 Å². The maximum Gasteiger partial charge on any atom is 0.308 e. The number of Topliss-reactive ketones (excluding diaryl/α,β-unsaturated/α-hetero) is 1. The number of hydrogen-bond acceptors (Lipinski definition) is 6. The molecule has 0 N–H and O–H groups in total. The Bertz CT molecular complexity index is 1310. The second-order valence-electron chi connectivity index (χ2n) is 9.11. The zero-order valence-electron chi connectivity index (χ0n) is 18.8. The first-order chi connectivity index (χ1) is 17.3. The number of ketones is 1. The number of amides is 2. The fraction of sp³-hybridized carbons (Fsp3) is 0.259. The minimum absolute atomic E-state index is 0.177. The van der Waals surface area contributed by atoms with E-state index in [4.69, 9.17) is 27.9 Å². The number of imide groups is 1. The quantitative estimate of drug-likeness (QED) is 0.200. The molecule has 2 heterocycles. The molecule has 0 unspecified atom stereocenters. The van der Waals surface area contributed by atoms with Crippen LogP contribution in [-0.4, -0.2) is 41.6 Å². The van der Waals surface area contributed by atoms with E-state index in [2.05, 4.69) is 0 Å². The van der Waals surface area contributed by atoms with Crippen LogP contribution in [0.4, 0.5) is 0 Å². The van der Waals surface area contributed by atoms with E-state index in [0.29, 0.717) is 4.88 Å². The molecule has 2 aromatic carbocycles. The number of carbonyl (C=O) groups excluding carboxylic acids is 4. The van der Waals surface area contributed by atoms with Crippen molar-refractivity contribution in [3.05, 3.63) is 93.2 Å². The lowest BCUT2D eigenvalue weighted by Crippen LogP contribution is -2.57. The van der Waals surface area contributed by atoms with Crippen molar-refractivity contribution < 1.29 is 23.9 Å². The Hall–Kier alpha value is -3.00. The van der Waals surface area contributed by atoms with E-state index in [1.54, 1.807) is 17.5 Å². The summed E-state index contributed by atoms with van der Waals surface area (Å²) in [5.41, 5.74) is 2.87. The molecule has 1 aliphatic heterocycles. The highest BCUT2D eigenvalue weighted by atomic mass is 35.5. The maximum atomic E-state index is 13.7. The summed E-state index contributed by atoms with van der Waals surface area (Å²) in [6.07, 6.45) is -0.237. The Balaban J connectivity index is 1.28. The molecule has 0 saturated carbocycles. The molecule has 6 nitrogen and oxygen atoms in total. The molecule has 2 atom stereocenters. The van der Waals surface area contributed by atoms with Crippen LogP contribution in [0.3, 0.4) is 0 Å². The standard InChI is InChI=1S/C27H19Cl2NO5S/c28-26-15-6-1-2-7-16(15)27(29,18-9-4-3-8-17(18)26)23-22(26)24(33)30(25(23)34)12-11-21(32)35-14-19(31)20-10-5-13-36-20/h1-10,13,22-23H,11-12,14H2/t22-,23+,26?,27?. The summed E-state index contributed by atoms with van der Waals surface area (Å²) in [4.78, 5) is 50.9. The summed E-state index contributed by atoms with van der Waals surface area (Å²) in [6, 6.07) is 18.2. The number of halogens is 2. The number of carbonyl (C=O) groups is 4. The summed E-state index contributed by atoms with van der Waals surface area (Å²) < 4.78 is 5.09. The van der Waals surface area contributed by atoms with Crippen LogP contribution in [0, 0.1) is 11.8 Å². The SMILES string of the molecule is O=C(CCN1C(=O)[C@@H]2[C@H](C1=O)C1(Cl)c3ccccc3C2(Cl)c2ccccc21)OCC(=O)c1cccs1. The predicted molar refractivity (Wildman–Crippen MR) is 134 cm³/mol. The van der Waals surface area contributed by atoms with Crippen LogP contribution in [0.1, 0.15) is 38.3 Å². The molecular formula is C27H19Cl2NO5S. The van der Waals surface area contributed by atoms with E-state index in [-0.39, 0.29) is 18.7 Å². The number of alkyl halides is 2. The first kappa shape index (κ1) is 23.4. The molecule has 2 bridgehead atoms. The number of ether oxygens (including phenoxy) is 1. The number of nitrogens with zero attached hydrogens (tertiary/aromatic N) is 1. The van der Waals surface area contributed by atoms with Crippen molar-refractivity contribution in [2.45, 2.75) is 16.2 Å². The third-order valence-electron chi connectivity index (χ3n) is 7.38. The number of rotatable bonds is 6. The molecule has 0 radical (unpaired) electrons. The summed E-state index contributed by atoms with van der Waals surface area (Å²) in [7, 11) is 0. The fourth-order valence-electron chi connectivity index (χ4n) is 5.87. The molecule has 1 fully saturated rings. The van der Waals surface area contributed by atoms with Gasteiger partial charge in [0.1, 0.15) is 9.75 Å². The van der Waals surface area contributed by atoms with Gasteiger partial charge in [-0.2, -0.15) is 0 Å². The largest absolute Gasteiger partial charge is 0.457 e. The van der Waals surface area contributed by atoms with E-state index in [0.717, 1.165) is 27.2 Å². The monoisotopic (exact) mass is 539 g/mol. The highest BCUT2D eigenvalue weighted by molar-refractivity contribution is 7.12. The van der Waals surface area contributed by atoms with E-state index in [1.165, 1.54) is 11.3 Å². The van der Waals surface area contributed by atoms with E-state index in [9.17, 15) is 19.2 Å². The fourth-order valence-corrected chi connectivity index (χ4v) is 7.62. The maximum absolute atomic E-state index is 13.7. The molecule has 1 saturated heterocycles. The van der Waals surface area contributed by atoms with Crippen LogP contribution in [-0.2, 0) is 28.9 Å². The Kier molecular flexibility index (Phi) is 5.37. The van der Waals surface area contributed by atoms with Crippen molar-refractivity contribution in [1.82, 2.24) is 4.90 Å². The summed E-state index contributed by atoms with van der Waals surface area (Å²) in [6.45, 7) is -0.573. The Labute approximate surface area is 220 Å². The Morgan fingerprint density at radius 3 is 1.78 bits per heavy atom. The summed E-state index contributed by atoms with van der Waals surface area (Å²) in [5, 5.41) is 1.76. The Morgan fingerprint density at radius 1 is 0.833 bits per heavy atom. The molecule has 36 heavy (non-hydrogen) atoms. The lowest BCUT2D eigenvalue weighted by molar-refractivity contribution is -0.145. The van der Waals surface area contributed by atoms with E-state index >= 15 is 0 Å². The summed E-state index contributed by atoms with van der Waals surface area (Å²) in [5.74, 6) is -3.73. The minimum Gasteiger partial charge on any atom is -0.457 e. The normalized spacial score (nSPS) is 27.4. The minimum atomic E-state index is -1.26. The number of esters is 1. The highest BCUT2D eigenvalue weighted by Gasteiger charge is 2.72. The van der Waals surface area contributed by atoms with Crippen molar-refractivity contribution in [1.29, 1.82) is 0 Å². The first-order valence-electron chi connectivity index (χ1n) is 11.4. The highest BCUT2D eigenvalue weighted by Crippen LogP contribution is 2.69. The van der Waals surface area contributed by atoms with E-state index in [1.807, 2.05) is 48.5 Å². The topological polar surface area (TPSA) is 80.8 Å². The van der Waals surface area contributed by atoms with Crippen LogP contribution < -0.4 is 0 Å². The van der Waals surface area contributed by atoms with E-state index < -0.39 is 46.0 Å². The molecule has 3 aliphatic carbocycles. The van der Waals surface area contributed by atoms with Gasteiger partial charge in [0.15, 0.2) is 6.61 Å². The zero-order chi connectivity index (χ0) is 25.2. The van der Waals surface area contributed by atoms with Gasteiger partial charge in [0.05, 0.1) is 23.1 Å². The second-order valence-corrected chi connectivity index (χ2v) is 11.2. The van der Waals surface area contributed by atoms with Crippen LogP contribution in [0.15, 0.2) is 66.0 Å². The number of benzene rings is 2. The average Bonchev–Trinajstić information content (AvgIpc) is 3.52. The Morgan fingerprint density at radius 2 is 1.33 bits per heavy atom. The van der Waals surface area contributed by atoms with Gasteiger partial charge >= 0.3 is 5.97 Å². The number of thiophene rings is 1. The predicted octanol–water partition coefficient (Wildman–Crippen LogP) is 4.46. The smallest absolute Gasteiger partial charge is 0.308 e. The van der Waals surface area contributed by atoms with Crippen LogP contribution in [0.2, 0.25) is 0 Å². The second kappa shape index (κ2) is 8.26. The van der Waals surface area contributed by atoms with Crippen molar-refractivity contribution in [2.75, 3.05) is 13.2 Å². The van der Waals surface area contributed by atoms with Gasteiger partial charge in [0.2, 0.25) is 17.6 Å². The number of hydrogen-bond donors (Lipinski definition) is 0. The lowest BCUT2D eigenvalue weighted by atomic mass is 9.54. The number of likely N-dealkylation sites (tertiary alicyclic amines) is 1. The van der Waals surface area contributed by atoms with Crippen molar-refractivity contribution in [2.24, 2.45) is 11.8 Å². The van der Waals surface area contributed by atoms with Crippen LogP contribution >= 0.6 is 34.5 Å². The molecule has 2 amide bonds. The zero-order valence-corrected chi connectivity index (χ0v) is 21.1. The molecule has 7 rings (SSSR count). The summed E-state index contributed by atoms with van der Waals surface area (Å²) >= 11 is 16.0. The molecule has 182 valence electrons. The molecule has 3 aromatic rings. The molecule has 0 spiro atoms. The van der Waals surface area contributed by atoms with Gasteiger partial charge < -0.3 is 4.74 Å². The molecule has 9 heteroatoms. The lowest BCUT2D eigenvalue weighted by Gasteiger charge is -2.54. The van der Waals surface area contributed by atoms with Gasteiger partial charge in [-0.05, 0) is 33.7 Å². The van der Waals surface area contributed by atoms with Crippen LogP contribution in [0.5, 0.6) is 0 Å². The first-order valence-corrected chi connectivity index (χ1v) is 13.1. The molecule has 1 aromatic heterocycles. The third-order valence-corrected chi connectivity index (χ3v) is 9.57. The van der Waals surface area contributed by atoms with Gasteiger partial charge in [-0.15, -0.1) is 34.5 Å². The van der Waals surface area contributed by atoms with Gasteiger partial charge in [0, 0.05) is 6.54 Å². The van der Waals surface area contributed by atoms with Gasteiger partial charge in [-0.3, -0.25) is 24.1 Å². The third kappa shape index (κ3) is 3.03. The van der Waals surface area contributed by atoms with Gasteiger partial charge in [-0.1, -0.05) is 54.6 Å².